The molecular formula is C12H6BrClFN3. The first-order valence-electron chi connectivity index (χ1n) is 5.10. The lowest BCUT2D eigenvalue weighted by atomic mass is 10.2. The van der Waals surface area contributed by atoms with Gasteiger partial charge >= 0.3 is 0 Å². The van der Waals surface area contributed by atoms with Gasteiger partial charge in [0.2, 0.25) is 0 Å². The number of H-pyrrole nitrogens is 1. The second-order valence-corrected chi connectivity index (χ2v) is 5.09. The lowest BCUT2D eigenvalue weighted by Gasteiger charge is -1.99. The molecule has 0 amide bonds. The molecule has 0 radical (unpaired) electrons. The number of nitrogens with one attached hydrogen (secondary N) is 1. The van der Waals surface area contributed by atoms with Gasteiger partial charge < -0.3 is 4.98 Å². The van der Waals surface area contributed by atoms with Crippen LogP contribution in [0.5, 0.6) is 0 Å². The third-order valence-electron chi connectivity index (χ3n) is 2.49. The van der Waals surface area contributed by atoms with Crippen LogP contribution in [-0.4, -0.2) is 15.0 Å². The van der Waals surface area contributed by atoms with E-state index >= 15 is 0 Å². The van der Waals surface area contributed by atoms with Crippen LogP contribution in [0.4, 0.5) is 4.39 Å². The zero-order valence-corrected chi connectivity index (χ0v) is 11.3. The fraction of sp³-hybridized carbons (Fsp3) is 0. The number of rotatable bonds is 1. The molecule has 0 aliphatic heterocycles. The summed E-state index contributed by atoms with van der Waals surface area (Å²) in [6, 6.07) is 6.18. The van der Waals surface area contributed by atoms with E-state index in [1.165, 1.54) is 18.2 Å². The quantitative estimate of drug-likeness (QED) is 0.729. The molecule has 1 aromatic carbocycles. The zero-order valence-electron chi connectivity index (χ0n) is 8.92. The van der Waals surface area contributed by atoms with E-state index in [1.54, 1.807) is 6.20 Å². The number of fused-ring (bicyclic) bond motifs is 1. The second kappa shape index (κ2) is 4.33. The molecule has 6 heteroatoms. The Balaban J connectivity index is 2.22. The van der Waals surface area contributed by atoms with Gasteiger partial charge in [0, 0.05) is 15.7 Å². The number of hydrogen-bond acceptors (Lipinski definition) is 2. The van der Waals surface area contributed by atoms with Gasteiger partial charge in [-0.25, -0.2) is 14.4 Å². The van der Waals surface area contributed by atoms with Crippen molar-refractivity contribution in [2.45, 2.75) is 0 Å². The first-order chi connectivity index (χ1) is 8.63. The van der Waals surface area contributed by atoms with Gasteiger partial charge in [0.1, 0.15) is 11.6 Å². The normalized spacial score (nSPS) is 11.1. The average Bonchev–Trinajstić information content (AvgIpc) is 2.74. The number of imidazole rings is 1. The van der Waals surface area contributed by atoms with Crippen LogP contribution in [0.15, 0.2) is 34.9 Å². The summed E-state index contributed by atoms with van der Waals surface area (Å²) in [5.41, 5.74) is 1.60. The molecule has 90 valence electrons. The molecule has 0 saturated heterocycles. The Labute approximate surface area is 115 Å². The molecule has 0 unspecified atom stereocenters. The van der Waals surface area contributed by atoms with Gasteiger partial charge in [-0.3, -0.25) is 0 Å². The molecule has 3 aromatic rings. The van der Waals surface area contributed by atoms with E-state index in [4.69, 9.17) is 11.6 Å². The molecule has 0 saturated carbocycles. The van der Waals surface area contributed by atoms with Crippen molar-refractivity contribution < 1.29 is 4.39 Å². The second-order valence-electron chi connectivity index (χ2n) is 3.73. The summed E-state index contributed by atoms with van der Waals surface area (Å²) in [6.45, 7) is 0. The minimum absolute atomic E-state index is 0.330. The van der Waals surface area contributed by atoms with Crippen molar-refractivity contribution in [1.29, 1.82) is 0 Å². The highest BCUT2D eigenvalue weighted by Gasteiger charge is 2.11. The maximum atomic E-state index is 13.7. The summed E-state index contributed by atoms with van der Waals surface area (Å²) < 4.78 is 14.5. The molecule has 0 spiro atoms. The van der Waals surface area contributed by atoms with Gasteiger partial charge in [0.15, 0.2) is 5.65 Å². The molecule has 3 rings (SSSR count). The van der Waals surface area contributed by atoms with Crippen LogP contribution in [0.2, 0.25) is 5.02 Å². The third kappa shape index (κ3) is 2.00. The molecule has 0 aliphatic rings. The van der Waals surface area contributed by atoms with Crippen molar-refractivity contribution >= 4 is 38.7 Å². The Morgan fingerprint density at radius 3 is 2.94 bits per heavy atom. The van der Waals surface area contributed by atoms with Crippen molar-refractivity contribution in [3.63, 3.8) is 0 Å². The van der Waals surface area contributed by atoms with E-state index in [0.717, 1.165) is 9.99 Å². The first-order valence-corrected chi connectivity index (χ1v) is 6.27. The first kappa shape index (κ1) is 11.6. The predicted octanol–water partition coefficient (Wildman–Crippen LogP) is 4.18. The average molecular weight is 327 g/mol. The van der Waals surface area contributed by atoms with Gasteiger partial charge in [0.25, 0.3) is 0 Å². The molecule has 2 aromatic heterocycles. The molecular weight excluding hydrogens is 321 g/mol. The highest BCUT2D eigenvalue weighted by atomic mass is 79.9. The van der Waals surface area contributed by atoms with Gasteiger partial charge in [-0.1, -0.05) is 11.6 Å². The van der Waals surface area contributed by atoms with Crippen LogP contribution in [-0.2, 0) is 0 Å². The van der Waals surface area contributed by atoms with Gasteiger partial charge in [-0.05, 0) is 40.2 Å². The molecule has 0 aliphatic carbocycles. The summed E-state index contributed by atoms with van der Waals surface area (Å²) >= 11 is 9.18. The van der Waals surface area contributed by atoms with Crippen LogP contribution in [0, 0.1) is 5.82 Å². The molecule has 2 heterocycles. The maximum Gasteiger partial charge on any atom is 0.178 e. The Bertz CT molecular complexity index is 741. The molecule has 0 fully saturated rings. The van der Waals surface area contributed by atoms with Crippen molar-refractivity contribution in [1.82, 2.24) is 15.0 Å². The Morgan fingerprint density at radius 2 is 2.11 bits per heavy atom. The summed E-state index contributed by atoms with van der Waals surface area (Å²) in [6.07, 6.45) is 1.64. The molecule has 3 nitrogen and oxygen atoms in total. The van der Waals surface area contributed by atoms with E-state index in [9.17, 15) is 4.39 Å². The lowest BCUT2D eigenvalue weighted by Crippen LogP contribution is -1.86. The van der Waals surface area contributed by atoms with Crippen LogP contribution < -0.4 is 0 Å². The summed E-state index contributed by atoms with van der Waals surface area (Å²) in [7, 11) is 0. The number of pyridine rings is 1. The number of aromatic nitrogens is 3. The Morgan fingerprint density at radius 1 is 1.28 bits per heavy atom. The predicted molar refractivity (Wildman–Crippen MR) is 72.0 cm³/mol. The largest absolute Gasteiger partial charge is 0.336 e. The van der Waals surface area contributed by atoms with Gasteiger partial charge in [0.05, 0.1) is 11.1 Å². The fourth-order valence-electron chi connectivity index (χ4n) is 1.68. The van der Waals surface area contributed by atoms with E-state index in [-0.39, 0.29) is 5.82 Å². The highest BCUT2D eigenvalue weighted by molar-refractivity contribution is 9.10. The van der Waals surface area contributed by atoms with E-state index in [2.05, 4.69) is 30.9 Å². The van der Waals surface area contributed by atoms with E-state index in [1.807, 2.05) is 6.07 Å². The van der Waals surface area contributed by atoms with Crippen molar-refractivity contribution in [2.24, 2.45) is 0 Å². The Hall–Kier alpha value is -1.46. The highest BCUT2D eigenvalue weighted by Crippen LogP contribution is 2.26. The van der Waals surface area contributed by atoms with Crippen LogP contribution in [0.25, 0.3) is 22.6 Å². The van der Waals surface area contributed by atoms with Crippen LogP contribution in [0.3, 0.4) is 0 Å². The SMILES string of the molecule is Fc1ccc(Cl)cc1-c1nc2ncc(Br)cc2[nH]1. The maximum absolute atomic E-state index is 13.7. The lowest BCUT2D eigenvalue weighted by molar-refractivity contribution is 0.630. The van der Waals surface area contributed by atoms with E-state index in [0.29, 0.717) is 22.1 Å². The topological polar surface area (TPSA) is 41.6 Å². The number of aromatic amines is 1. The van der Waals surface area contributed by atoms with Crippen molar-refractivity contribution in [3.8, 4) is 11.4 Å². The van der Waals surface area contributed by atoms with Crippen LogP contribution >= 0.6 is 27.5 Å². The minimum Gasteiger partial charge on any atom is -0.336 e. The Kier molecular flexibility index (Phi) is 2.80. The number of hydrogen-bond donors (Lipinski definition) is 1. The molecule has 0 bridgehead atoms. The monoisotopic (exact) mass is 325 g/mol. The van der Waals surface area contributed by atoms with Crippen LogP contribution in [0.1, 0.15) is 0 Å². The number of benzene rings is 1. The summed E-state index contributed by atoms with van der Waals surface area (Å²) in [5, 5.41) is 0.459. The molecule has 18 heavy (non-hydrogen) atoms. The standard InChI is InChI=1S/C12H6BrClFN3/c13-6-3-10-12(16-5-6)18-11(17-10)8-4-7(14)1-2-9(8)15/h1-5H,(H,16,17,18). The van der Waals surface area contributed by atoms with E-state index < -0.39 is 0 Å². The zero-order chi connectivity index (χ0) is 12.7. The van der Waals surface area contributed by atoms with Crippen molar-refractivity contribution in [3.05, 3.63) is 45.8 Å². The minimum atomic E-state index is -0.377. The number of halogens is 3. The van der Waals surface area contributed by atoms with Crippen molar-refractivity contribution in [2.75, 3.05) is 0 Å². The smallest absolute Gasteiger partial charge is 0.178 e. The third-order valence-corrected chi connectivity index (χ3v) is 3.16. The molecule has 1 N–H and O–H groups in total. The fourth-order valence-corrected chi connectivity index (χ4v) is 2.18. The summed E-state index contributed by atoms with van der Waals surface area (Å²) in [5.74, 6) is 0.0353. The molecule has 0 atom stereocenters. The number of nitrogens with zero attached hydrogens (tertiary/aromatic N) is 2. The van der Waals surface area contributed by atoms with Gasteiger partial charge in [-0.15, -0.1) is 0 Å². The summed E-state index contributed by atoms with van der Waals surface area (Å²) in [4.78, 5) is 11.4. The van der Waals surface area contributed by atoms with Gasteiger partial charge in [-0.2, -0.15) is 0 Å².